The van der Waals surface area contributed by atoms with Crippen LogP contribution in [0, 0.1) is 0 Å². The molecular weight excluding hydrogens is 242 g/mol. The molecule has 1 aliphatic heterocycles. The molecule has 1 fully saturated rings. The molecule has 106 valence electrons. The predicted octanol–water partition coefficient (Wildman–Crippen LogP) is 0.836. The Labute approximate surface area is 114 Å². The van der Waals surface area contributed by atoms with Crippen LogP contribution in [0.2, 0.25) is 0 Å². The minimum atomic E-state index is -0.369. The minimum absolute atomic E-state index is 0.0949. The maximum atomic E-state index is 12.4. The molecule has 1 aromatic rings. The van der Waals surface area contributed by atoms with Crippen molar-refractivity contribution in [2.75, 3.05) is 6.54 Å². The number of hydrogen-bond donors (Lipinski definition) is 2. The Morgan fingerprint density at radius 3 is 3.05 bits per heavy atom. The molecule has 2 N–H and O–H groups in total. The molecule has 2 rings (SSSR count). The molecule has 6 heteroatoms. The lowest BCUT2D eigenvalue weighted by atomic mass is 9.91. The number of nitrogens with zero attached hydrogens (tertiary/aromatic N) is 3. The molecule has 0 spiro atoms. The molecule has 0 saturated carbocycles. The second-order valence-corrected chi connectivity index (χ2v) is 5.08. The van der Waals surface area contributed by atoms with Gasteiger partial charge in [0.05, 0.1) is 12.1 Å². The van der Waals surface area contributed by atoms with E-state index in [1.165, 1.54) is 0 Å². The molecule has 1 aliphatic rings. The second kappa shape index (κ2) is 6.14. The number of carbonyl (C=O) groups is 1. The van der Waals surface area contributed by atoms with Gasteiger partial charge in [0.25, 0.3) is 0 Å². The molecular formula is C13H23N5O. The van der Waals surface area contributed by atoms with Crippen molar-refractivity contribution in [3.63, 3.8) is 0 Å². The van der Waals surface area contributed by atoms with E-state index in [0.29, 0.717) is 6.54 Å². The third-order valence-electron chi connectivity index (χ3n) is 3.80. The van der Waals surface area contributed by atoms with Gasteiger partial charge in [-0.1, -0.05) is 13.3 Å². The fourth-order valence-corrected chi connectivity index (χ4v) is 2.76. The largest absolute Gasteiger partial charge is 0.347 e. The Kier molecular flexibility index (Phi) is 4.52. The lowest BCUT2D eigenvalue weighted by molar-refractivity contribution is -0.127. The maximum Gasteiger partial charge on any atom is 0.240 e. The summed E-state index contributed by atoms with van der Waals surface area (Å²) in [7, 11) is 0. The Hall–Kier alpha value is -1.43. The fraction of sp³-hybridized carbons (Fsp3) is 0.769. The highest BCUT2D eigenvalue weighted by Gasteiger charge is 2.39. The normalized spacial score (nSPS) is 22.6. The van der Waals surface area contributed by atoms with Crippen molar-refractivity contribution in [2.45, 2.75) is 58.2 Å². The Balaban J connectivity index is 1.96. The SMILES string of the molecule is CCCC1(C(=O)NCc2nncn2CC)CCCN1. The minimum Gasteiger partial charge on any atom is -0.347 e. The number of amides is 1. The van der Waals surface area contributed by atoms with Gasteiger partial charge < -0.3 is 15.2 Å². The summed E-state index contributed by atoms with van der Waals surface area (Å²) in [6, 6.07) is 0. The third-order valence-corrected chi connectivity index (χ3v) is 3.80. The molecule has 6 nitrogen and oxygen atoms in total. The number of rotatable bonds is 6. The van der Waals surface area contributed by atoms with Crippen LogP contribution >= 0.6 is 0 Å². The van der Waals surface area contributed by atoms with Gasteiger partial charge in [-0.2, -0.15) is 0 Å². The number of carbonyl (C=O) groups excluding carboxylic acids is 1. The summed E-state index contributed by atoms with van der Waals surface area (Å²) in [4.78, 5) is 12.4. The summed E-state index contributed by atoms with van der Waals surface area (Å²) >= 11 is 0. The van der Waals surface area contributed by atoms with E-state index in [0.717, 1.165) is 44.6 Å². The van der Waals surface area contributed by atoms with Crippen molar-refractivity contribution in [2.24, 2.45) is 0 Å². The molecule has 0 aliphatic carbocycles. The first-order chi connectivity index (χ1) is 9.22. The zero-order valence-corrected chi connectivity index (χ0v) is 11.8. The van der Waals surface area contributed by atoms with E-state index in [1.54, 1.807) is 6.33 Å². The number of nitrogens with one attached hydrogen (secondary N) is 2. The van der Waals surface area contributed by atoms with Crippen molar-refractivity contribution in [3.8, 4) is 0 Å². The highest BCUT2D eigenvalue weighted by atomic mass is 16.2. The summed E-state index contributed by atoms with van der Waals surface area (Å²) in [5.41, 5.74) is -0.369. The first kappa shape index (κ1) is 14.0. The zero-order chi connectivity index (χ0) is 13.7. The quantitative estimate of drug-likeness (QED) is 0.799. The van der Waals surface area contributed by atoms with E-state index in [-0.39, 0.29) is 11.4 Å². The lowest BCUT2D eigenvalue weighted by Gasteiger charge is -2.27. The molecule has 2 heterocycles. The summed E-state index contributed by atoms with van der Waals surface area (Å²) in [5, 5.41) is 14.3. The monoisotopic (exact) mass is 265 g/mol. The molecule has 1 saturated heterocycles. The highest BCUT2D eigenvalue weighted by Crippen LogP contribution is 2.24. The van der Waals surface area contributed by atoms with Crippen molar-refractivity contribution in [3.05, 3.63) is 12.2 Å². The second-order valence-electron chi connectivity index (χ2n) is 5.08. The standard InChI is InChI=1S/C13H23N5O/c1-3-6-13(7-5-8-15-13)12(19)14-9-11-17-16-10-18(11)4-2/h10,15H,3-9H2,1-2H3,(H,14,19). The Morgan fingerprint density at radius 2 is 2.42 bits per heavy atom. The molecule has 1 aromatic heterocycles. The lowest BCUT2D eigenvalue weighted by Crippen LogP contribution is -2.53. The van der Waals surface area contributed by atoms with Crippen LogP contribution in [0.4, 0.5) is 0 Å². The highest BCUT2D eigenvalue weighted by molar-refractivity contribution is 5.86. The molecule has 1 atom stereocenters. The molecule has 0 bridgehead atoms. The summed E-state index contributed by atoms with van der Waals surface area (Å²) in [6.07, 6.45) is 5.58. The van der Waals surface area contributed by atoms with E-state index < -0.39 is 0 Å². The summed E-state index contributed by atoms with van der Waals surface area (Å²) < 4.78 is 1.94. The van der Waals surface area contributed by atoms with E-state index in [4.69, 9.17) is 0 Å². The molecule has 1 unspecified atom stereocenters. The van der Waals surface area contributed by atoms with Gasteiger partial charge in [-0.3, -0.25) is 4.79 Å². The molecule has 1 amide bonds. The van der Waals surface area contributed by atoms with Crippen LogP contribution in [-0.4, -0.2) is 32.8 Å². The van der Waals surface area contributed by atoms with Crippen molar-refractivity contribution >= 4 is 5.91 Å². The van der Waals surface area contributed by atoms with Gasteiger partial charge in [0.1, 0.15) is 6.33 Å². The number of hydrogen-bond acceptors (Lipinski definition) is 4. The average molecular weight is 265 g/mol. The Morgan fingerprint density at radius 1 is 1.58 bits per heavy atom. The summed E-state index contributed by atoms with van der Waals surface area (Å²) in [5.74, 6) is 0.901. The van der Waals surface area contributed by atoms with Crippen LogP contribution in [0.15, 0.2) is 6.33 Å². The first-order valence-electron chi connectivity index (χ1n) is 7.12. The van der Waals surface area contributed by atoms with Gasteiger partial charge in [-0.05, 0) is 32.7 Å². The van der Waals surface area contributed by atoms with E-state index in [2.05, 4.69) is 27.8 Å². The van der Waals surface area contributed by atoms with Gasteiger partial charge >= 0.3 is 0 Å². The van der Waals surface area contributed by atoms with E-state index >= 15 is 0 Å². The van der Waals surface area contributed by atoms with Crippen LogP contribution in [0.5, 0.6) is 0 Å². The Bertz CT molecular complexity index is 422. The summed E-state index contributed by atoms with van der Waals surface area (Å²) in [6.45, 7) is 6.34. The van der Waals surface area contributed by atoms with E-state index in [9.17, 15) is 4.79 Å². The van der Waals surface area contributed by atoms with Crippen molar-refractivity contribution in [1.82, 2.24) is 25.4 Å². The van der Waals surface area contributed by atoms with Gasteiger partial charge in [0.15, 0.2) is 5.82 Å². The topological polar surface area (TPSA) is 71.8 Å². The van der Waals surface area contributed by atoms with Crippen molar-refractivity contribution < 1.29 is 4.79 Å². The molecule has 19 heavy (non-hydrogen) atoms. The van der Waals surface area contributed by atoms with E-state index in [1.807, 2.05) is 11.5 Å². The van der Waals surface area contributed by atoms with Gasteiger partial charge in [0, 0.05) is 6.54 Å². The van der Waals surface area contributed by atoms with Crippen LogP contribution in [-0.2, 0) is 17.9 Å². The fourth-order valence-electron chi connectivity index (χ4n) is 2.76. The van der Waals surface area contributed by atoms with Gasteiger partial charge in [-0.25, -0.2) is 0 Å². The molecule has 0 radical (unpaired) electrons. The number of aromatic nitrogens is 3. The third kappa shape index (κ3) is 2.94. The first-order valence-corrected chi connectivity index (χ1v) is 7.12. The van der Waals surface area contributed by atoms with Gasteiger partial charge in [-0.15, -0.1) is 10.2 Å². The average Bonchev–Trinajstić information content (AvgIpc) is 3.05. The van der Waals surface area contributed by atoms with Crippen LogP contribution in [0.3, 0.4) is 0 Å². The van der Waals surface area contributed by atoms with Crippen LogP contribution in [0.1, 0.15) is 45.4 Å². The maximum absolute atomic E-state index is 12.4. The van der Waals surface area contributed by atoms with Gasteiger partial charge in [0.2, 0.25) is 5.91 Å². The van der Waals surface area contributed by atoms with Crippen LogP contribution in [0.25, 0.3) is 0 Å². The van der Waals surface area contributed by atoms with Crippen molar-refractivity contribution in [1.29, 1.82) is 0 Å². The predicted molar refractivity (Wildman–Crippen MR) is 72.4 cm³/mol. The van der Waals surface area contributed by atoms with Crippen LogP contribution < -0.4 is 10.6 Å². The molecule has 0 aromatic carbocycles. The number of aryl methyl sites for hydroxylation is 1. The zero-order valence-electron chi connectivity index (χ0n) is 11.8. The smallest absolute Gasteiger partial charge is 0.240 e.